The highest BCUT2D eigenvalue weighted by Crippen LogP contribution is 2.40. The van der Waals surface area contributed by atoms with Gasteiger partial charge in [-0.15, -0.1) is 0 Å². The molecule has 1 aliphatic rings. The van der Waals surface area contributed by atoms with Crippen molar-refractivity contribution in [2.24, 2.45) is 5.41 Å². The van der Waals surface area contributed by atoms with Crippen LogP contribution < -0.4 is 10.8 Å². The summed E-state index contributed by atoms with van der Waals surface area (Å²) in [5, 5.41) is 3.34. The second-order valence-corrected chi connectivity index (χ2v) is 4.21. The Bertz CT molecular complexity index is 294. The molecule has 2 N–H and O–H groups in total. The predicted octanol–water partition coefficient (Wildman–Crippen LogP) is 2.33. The topological polar surface area (TPSA) is 33.3 Å². The maximum atomic E-state index is 5.58. The van der Waals surface area contributed by atoms with Crippen molar-refractivity contribution in [3.8, 4) is 0 Å². The summed E-state index contributed by atoms with van der Waals surface area (Å²) in [5.74, 6) is 0.999. The summed E-state index contributed by atoms with van der Waals surface area (Å²) in [4.78, 5) is 5.58. The molecule has 86 valence electrons. The SMILES string of the molecule is CCC1(C)C(C)=CCNC(C)=C1ONC. The van der Waals surface area contributed by atoms with Gasteiger partial charge in [-0.25, -0.2) is 0 Å². The third-order valence-corrected chi connectivity index (χ3v) is 3.40. The molecule has 0 bridgehead atoms. The molecular weight excluding hydrogens is 188 g/mol. The quantitative estimate of drug-likeness (QED) is 0.554. The van der Waals surface area contributed by atoms with Gasteiger partial charge in [0, 0.05) is 24.7 Å². The van der Waals surface area contributed by atoms with Gasteiger partial charge in [0.25, 0.3) is 0 Å². The molecule has 1 aliphatic heterocycles. The molecule has 3 heteroatoms. The number of rotatable bonds is 3. The summed E-state index contributed by atoms with van der Waals surface area (Å²) >= 11 is 0. The molecule has 1 rings (SSSR count). The van der Waals surface area contributed by atoms with E-state index in [1.165, 1.54) is 5.57 Å². The van der Waals surface area contributed by atoms with E-state index in [-0.39, 0.29) is 5.41 Å². The zero-order valence-corrected chi connectivity index (χ0v) is 10.4. The van der Waals surface area contributed by atoms with Crippen LogP contribution in [0, 0.1) is 5.41 Å². The van der Waals surface area contributed by atoms with Crippen molar-refractivity contribution in [1.82, 2.24) is 10.8 Å². The first kappa shape index (κ1) is 12.1. The molecule has 3 nitrogen and oxygen atoms in total. The summed E-state index contributed by atoms with van der Waals surface area (Å²) in [6, 6.07) is 0. The van der Waals surface area contributed by atoms with Crippen LogP contribution in [0.25, 0.3) is 0 Å². The molecule has 0 radical (unpaired) electrons. The van der Waals surface area contributed by atoms with Gasteiger partial charge in [-0.3, -0.25) is 0 Å². The lowest BCUT2D eigenvalue weighted by molar-refractivity contribution is 0.0766. The Morgan fingerprint density at radius 3 is 2.73 bits per heavy atom. The molecule has 0 aromatic carbocycles. The molecule has 0 saturated heterocycles. The number of hydrogen-bond acceptors (Lipinski definition) is 3. The van der Waals surface area contributed by atoms with E-state index in [2.05, 4.69) is 44.6 Å². The molecule has 1 atom stereocenters. The van der Waals surface area contributed by atoms with Crippen LogP contribution in [0.2, 0.25) is 0 Å². The number of hydrogen-bond donors (Lipinski definition) is 2. The van der Waals surface area contributed by atoms with Gasteiger partial charge in [0.05, 0.1) is 0 Å². The van der Waals surface area contributed by atoms with Crippen LogP contribution in [-0.2, 0) is 4.84 Å². The maximum Gasteiger partial charge on any atom is 0.152 e. The lowest BCUT2D eigenvalue weighted by Gasteiger charge is -2.31. The standard InChI is InChI=1S/C12H22N2O/c1-6-12(4)9(2)7-8-14-10(3)11(12)15-13-5/h7,13-14H,6,8H2,1-5H3. The van der Waals surface area contributed by atoms with Gasteiger partial charge in [-0.1, -0.05) is 18.6 Å². The molecule has 15 heavy (non-hydrogen) atoms. The normalized spacial score (nSPS) is 26.9. The van der Waals surface area contributed by atoms with Gasteiger partial charge in [0.15, 0.2) is 5.76 Å². The first-order valence-electron chi connectivity index (χ1n) is 5.52. The molecule has 1 unspecified atom stereocenters. The van der Waals surface area contributed by atoms with E-state index in [4.69, 9.17) is 4.84 Å². The molecule has 0 aromatic rings. The average Bonchev–Trinajstić information content (AvgIpc) is 2.32. The second-order valence-electron chi connectivity index (χ2n) is 4.21. The first-order chi connectivity index (χ1) is 7.06. The van der Waals surface area contributed by atoms with E-state index in [1.54, 1.807) is 7.05 Å². The monoisotopic (exact) mass is 210 g/mol. The lowest BCUT2D eigenvalue weighted by Crippen LogP contribution is -2.27. The Labute approximate surface area is 92.5 Å². The van der Waals surface area contributed by atoms with Gasteiger partial charge in [-0.2, -0.15) is 5.48 Å². The van der Waals surface area contributed by atoms with E-state index >= 15 is 0 Å². The van der Waals surface area contributed by atoms with Crippen LogP contribution >= 0.6 is 0 Å². The van der Waals surface area contributed by atoms with E-state index in [9.17, 15) is 0 Å². The molecule has 1 heterocycles. The number of nitrogens with one attached hydrogen (secondary N) is 2. The van der Waals surface area contributed by atoms with Gasteiger partial charge in [0.1, 0.15) is 0 Å². The van der Waals surface area contributed by atoms with Crippen LogP contribution in [0.3, 0.4) is 0 Å². The molecule has 0 aliphatic carbocycles. The molecule has 0 spiro atoms. The average molecular weight is 210 g/mol. The smallest absolute Gasteiger partial charge is 0.152 e. The van der Waals surface area contributed by atoms with Crippen LogP contribution in [0.1, 0.15) is 34.1 Å². The highest BCUT2D eigenvalue weighted by molar-refractivity contribution is 5.29. The van der Waals surface area contributed by atoms with Gasteiger partial charge >= 0.3 is 0 Å². The minimum atomic E-state index is -0.00338. The van der Waals surface area contributed by atoms with Crippen molar-refractivity contribution < 1.29 is 4.84 Å². The van der Waals surface area contributed by atoms with E-state index in [0.717, 1.165) is 24.4 Å². The molecule has 0 fully saturated rings. The first-order valence-corrected chi connectivity index (χ1v) is 5.52. The van der Waals surface area contributed by atoms with Crippen LogP contribution in [0.4, 0.5) is 0 Å². The third-order valence-electron chi connectivity index (χ3n) is 3.40. The fraction of sp³-hybridized carbons (Fsp3) is 0.667. The molecule has 0 amide bonds. The van der Waals surface area contributed by atoms with Crippen molar-refractivity contribution >= 4 is 0 Å². The van der Waals surface area contributed by atoms with Gasteiger partial charge < -0.3 is 10.2 Å². The Morgan fingerprint density at radius 2 is 2.20 bits per heavy atom. The van der Waals surface area contributed by atoms with E-state index in [1.807, 2.05) is 0 Å². The minimum absolute atomic E-state index is 0.00338. The lowest BCUT2D eigenvalue weighted by atomic mass is 9.78. The van der Waals surface area contributed by atoms with E-state index in [0.29, 0.717) is 0 Å². The molecule has 0 saturated carbocycles. The Morgan fingerprint density at radius 1 is 1.53 bits per heavy atom. The Balaban J connectivity index is 3.16. The van der Waals surface area contributed by atoms with Crippen LogP contribution in [-0.4, -0.2) is 13.6 Å². The molecule has 0 aromatic heterocycles. The number of hydroxylamine groups is 1. The van der Waals surface area contributed by atoms with Crippen LogP contribution in [0.5, 0.6) is 0 Å². The van der Waals surface area contributed by atoms with Crippen molar-refractivity contribution in [3.05, 3.63) is 23.1 Å². The predicted molar refractivity (Wildman–Crippen MR) is 63.0 cm³/mol. The zero-order valence-electron chi connectivity index (χ0n) is 10.4. The summed E-state index contributed by atoms with van der Waals surface area (Å²) < 4.78 is 0. The maximum absolute atomic E-state index is 5.58. The highest BCUT2D eigenvalue weighted by atomic mass is 16.6. The Hall–Kier alpha value is -0.960. The molecular formula is C12H22N2O. The van der Waals surface area contributed by atoms with Gasteiger partial charge in [0.2, 0.25) is 0 Å². The highest BCUT2D eigenvalue weighted by Gasteiger charge is 2.34. The van der Waals surface area contributed by atoms with Crippen molar-refractivity contribution in [2.75, 3.05) is 13.6 Å². The van der Waals surface area contributed by atoms with Crippen molar-refractivity contribution in [1.29, 1.82) is 0 Å². The third kappa shape index (κ3) is 2.17. The summed E-state index contributed by atoms with van der Waals surface area (Å²) in [6.45, 7) is 9.52. The summed E-state index contributed by atoms with van der Waals surface area (Å²) in [5.41, 5.74) is 5.25. The van der Waals surface area contributed by atoms with Crippen molar-refractivity contribution in [2.45, 2.75) is 34.1 Å². The van der Waals surface area contributed by atoms with Gasteiger partial charge in [-0.05, 0) is 27.2 Å². The second kappa shape index (κ2) is 4.71. The zero-order chi connectivity index (χ0) is 11.5. The largest absolute Gasteiger partial charge is 0.411 e. The minimum Gasteiger partial charge on any atom is -0.411 e. The summed E-state index contributed by atoms with van der Waals surface area (Å²) in [7, 11) is 1.79. The van der Waals surface area contributed by atoms with Crippen LogP contribution in [0.15, 0.2) is 23.1 Å². The number of allylic oxidation sites excluding steroid dienone is 2. The summed E-state index contributed by atoms with van der Waals surface area (Å²) in [6.07, 6.45) is 3.27. The fourth-order valence-electron chi connectivity index (χ4n) is 1.99. The fourth-order valence-corrected chi connectivity index (χ4v) is 1.99. The van der Waals surface area contributed by atoms with Crippen molar-refractivity contribution in [3.63, 3.8) is 0 Å². The van der Waals surface area contributed by atoms with E-state index < -0.39 is 0 Å². The Kier molecular flexibility index (Phi) is 3.80.